The molecule has 1 aliphatic heterocycles. The van der Waals surface area contributed by atoms with E-state index < -0.39 is 0 Å². The number of H-pyrrole nitrogens is 1. The third-order valence-corrected chi connectivity index (χ3v) is 4.78. The number of benzene rings is 1. The largest absolute Gasteiger partial charge is 0.364 e. The summed E-state index contributed by atoms with van der Waals surface area (Å²) >= 11 is 0. The van der Waals surface area contributed by atoms with Gasteiger partial charge in [0.1, 0.15) is 5.56 Å². The molecule has 0 radical (unpaired) electrons. The van der Waals surface area contributed by atoms with Crippen molar-refractivity contribution >= 4 is 5.91 Å². The van der Waals surface area contributed by atoms with Gasteiger partial charge >= 0.3 is 0 Å². The first-order chi connectivity index (χ1) is 11.6. The topological polar surface area (TPSA) is 53.2 Å². The molecule has 2 aromatic rings. The van der Waals surface area contributed by atoms with Gasteiger partial charge in [0.15, 0.2) is 5.43 Å². The van der Waals surface area contributed by atoms with Crippen LogP contribution in [-0.2, 0) is 6.42 Å². The highest BCUT2D eigenvalue weighted by Gasteiger charge is 2.28. The molecule has 1 unspecified atom stereocenters. The number of carbonyl (C=O) groups is 1. The van der Waals surface area contributed by atoms with E-state index in [0.29, 0.717) is 0 Å². The lowest BCUT2D eigenvalue weighted by Gasteiger charge is -2.36. The molecule has 0 bridgehead atoms. The fraction of sp³-hybridized carbons (Fsp3) is 0.400. The minimum Gasteiger partial charge on any atom is -0.364 e. The van der Waals surface area contributed by atoms with Crippen LogP contribution in [0.1, 0.15) is 47.3 Å². The summed E-state index contributed by atoms with van der Waals surface area (Å²) in [6.45, 7) is 2.56. The normalized spacial score (nSPS) is 17.7. The van der Waals surface area contributed by atoms with Gasteiger partial charge in [-0.2, -0.15) is 0 Å². The highest BCUT2D eigenvalue weighted by molar-refractivity contribution is 5.94. The van der Waals surface area contributed by atoms with Crippen LogP contribution in [0.2, 0.25) is 0 Å². The van der Waals surface area contributed by atoms with Crippen molar-refractivity contribution in [2.24, 2.45) is 0 Å². The van der Waals surface area contributed by atoms with Crippen LogP contribution in [0.4, 0.5) is 0 Å². The monoisotopic (exact) mass is 324 g/mol. The van der Waals surface area contributed by atoms with Crippen molar-refractivity contribution in [3.63, 3.8) is 0 Å². The smallest absolute Gasteiger partial charge is 0.259 e. The fourth-order valence-corrected chi connectivity index (χ4v) is 3.44. The van der Waals surface area contributed by atoms with E-state index in [1.165, 1.54) is 11.6 Å². The van der Waals surface area contributed by atoms with E-state index in [9.17, 15) is 9.59 Å². The molecule has 126 valence electrons. The highest BCUT2D eigenvalue weighted by Crippen LogP contribution is 2.22. The van der Waals surface area contributed by atoms with E-state index in [-0.39, 0.29) is 22.9 Å². The number of aromatic nitrogens is 1. The number of aryl methyl sites for hydroxylation is 2. The Balaban J connectivity index is 1.74. The van der Waals surface area contributed by atoms with Gasteiger partial charge in [0.05, 0.1) is 0 Å². The maximum atomic E-state index is 12.9. The lowest BCUT2D eigenvalue weighted by Crippen LogP contribution is -2.45. The number of piperidine rings is 1. The van der Waals surface area contributed by atoms with Gasteiger partial charge in [0.2, 0.25) is 0 Å². The van der Waals surface area contributed by atoms with Gasteiger partial charge < -0.3 is 9.88 Å². The van der Waals surface area contributed by atoms with Gasteiger partial charge in [-0.3, -0.25) is 9.59 Å². The Hall–Kier alpha value is -2.36. The highest BCUT2D eigenvalue weighted by atomic mass is 16.2. The molecule has 1 aromatic heterocycles. The predicted octanol–water partition coefficient (Wildman–Crippen LogP) is 3.31. The third-order valence-electron chi connectivity index (χ3n) is 4.78. The standard InChI is InChI=1S/C20H24N2O2/c1-15-13-19(23)18(14-21-15)20(24)22-12-6-5-9-17(22)11-10-16-7-3-2-4-8-16/h2-4,7-8,13-14,17H,5-6,9-12H2,1H3,(H,21,23). The molecule has 4 heteroatoms. The summed E-state index contributed by atoms with van der Waals surface area (Å²) < 4.78 is 0. The molecule has 1 amide bonds. The number of nitrogens with zero attached hydrogens (tertiary/aromatic N) is 1. The summed E-state index contributed by atoms with van der Waals surface area (Å²) in [6, 6.07) is 12.1. The van der Waals surface area contributed by atoms with Gasteiger partial charge in [0, 0.05) is 30.5 Å². The first kappa shape index (κ1) is 16.5. The van der Waals surface area contributed by atoms with Gasteiger partial charge in [-0.1, -0.05) is 30.3 Å². The number of hydrogen-bond donors (Lipinski definition) is 1. The SMILES string of the molecule is Cc1cc(=O)c(C(=O)N2CCCCC2CCc2ccccc2)c[nH]1. The molecule has 0 spiro atoms. The summed E-state index contributed by atoms with van der Waals surface area (Å²) in [7, 11) is 0. The second-order valence-corrected chi connectivity index (χ2v) is 6.57. The zero-order valence-corrected chi connectivity index (χ0v) is 14.1. The van der Waals surface area contributed by atoms with Crippen molar-refractivity contribution in [3.8, 4) is 0 Å². The Morgan fingerprint density at radius 2 is 2.04 bits per heavy atom. The van der Waals surface area contributed by atoms with Crippen molar-refractivity contribution in [2.75, 3.05) is 6.54 Å². The number of pyridine rings is 1. The van der Waals surface area contributed by atoms with E-state index in [0.717, 1.165) is 44.3 Å². The van der Waals surface area contributed by atoms with Gasteiger partial charge in [-0.05, 0) is 44.6 Å². The molecule has 1 aliphatic rings. The second kappa shape index (κ2) is 7.47. The van der Waals surface area contributed by atoms with Crippen molar-refractivity contribution < 1.29 is 4.79 Å². The molecule has 1 N–H and O–H groups in total. The lowest BCUT2D eigenvalue weighted by molar-refractivity contribution is 0.0600. The van der Waals surface area contributed by atoms with Crippen LogP contribution >= 0.6 is 0 Å². The molecule has 1 saturated heterocycles. The van der Waals surface area contributed by atoms with E-state index in [2.05, 4.69) is 17.1 Å². The lowest BCUT2D eigenvalue weighted by atomic mass is 9.95. The number of likely N-dealkylation sites (tertiary alicyclic amines) is 1. The number of nitrogens with one attached hydrogen (secondary N) is 1. The van der Waals surface area contributed by atoms with Crippen LogP contribution < -0.4 is 5.43 Å². The predicted molar refractivity (Wildman–Crippen MR) is 95.2 cm³/mol. The van der Waals surface area contributed by atoms with E-state index in [1.54, 1.807) is 6.20 Å². The summed E-state index contributed by atoms with van der Waals surface area (Å²) in [5.41, 5.74) is 2.13. The molecular weight excluding hydrogens is 300 g/mol. The van der Waals surface area contributed by atoms with Crippen molar-refractivity contribution in [1.82, 2.24) is 9.88 Å². The van der Waals surface area contributed by atoms with Gasteiger partial charge in [-0.25, -0.2) is 0 Å². The maximum Gasteiger partial charge on any atom is 0.259 e. The number of amides is 1. The van der Waals surface area contributed by atoms with Crippen LogP contribution in [0.25, 0.3) is 0 Å². The minimum atomic E-state index is -0.191. The third kappa shape index (κ3) is 3.75. The van der Waals surface area contributed by atoms with Crippen molar-refractivity contribution in [3.05, 3.63) is 69.6 Å². The number of hydrogen-bond acceptors (Lipinski definition) is 2. The van der Waals surface area contributed by atoms with Crippen LogP contribution in [-0.4, -0.2) is 28.4 Å². The van der Waals surface area contributed by atoms with Crippen LogP contribution in [0.5, 0.6) is 0 Å². The molecule has 24 heavy (non-hydrogen) atoms. The molecule has 0 aliphatic carbocycles. The first-order valence-corrected chi connectivity index (χ1v) is 8.69. The molecular formula is C20H24N2O2. The Labute approximate surface area is 142 Å². The summed E-state index contributed by atoms with van der Waals surface area (Å²) in [6.07, 6.45) is 6.63. The Morgan fingerprint density at radius 3 is 2.79 bits per heavy atom. The number of rotatable bonds is 4. The minimum absolute atomic E-state index is 0.131. The molecule has 0 saturated carbocycles. The zero-order valence-electron chi connectivity index (χ0n) is 14.1. The van der Waals surface area contributed by atoms with Crippen LogP contribution in [0, 0.1) is 6.92 Å². The summed E-state index contributed by atoms with van der Waals surface area (Å²) in [5.74, 6) is -0.131. The summed E-state index contributed by atoms with van der Waals surface area (Å²) in [4.78, 5) is 29.9. The van der Waals surface area contributed by atoms with E-state index in [4.69, 9.17) is 0 Å². The van der Waals surface area contributed by atoms with Crippen LogP contribution in [0.15, 0.2) is 47.4 Å². The van der Waals surface area contributed by atoms with Crippen molar-refractivity contribution in [2.45, 2.75) is 45.1 Å². The average Bonchev–Trinajstić information content (AvgIpc) is 2.60. The molecule has 2 heterocycles. The molecule has 3 rings (SSSR count). The van der Waals surface area contributed by atoms with Crippen molar-refractivity contribution in [1.29, 1.82) is 0 Å². The van der Waals surface area contributed by atoms with Crippen LogP contribution in [0.3, 0.4) is 0 Å². The Kier molecular flexibility index (Phi) is 5.14. The first-order valence-electron chi connectivity index (χ1n) is 8.69. The van der Waals surface area contributed by atoms with E-state index in [1.807, 2.05) is 30.0 Å². The van der Waals surface area contributed by atoms with Gasteiger partial charge in [0.25, 0.3) is 5.91 Å². The number of aromatic amines is 1. The molecule has 1 aromatic carbocycles. The number of carbonyl (C=O) groups excluding carboxylic acids is 1. The Morgan fingerprint density at radius 1 is 1.25 bits per heavy atom. The molecule has 1 fully saturated rings. The molecule has 1 atom stereocenters. The summed E-state index contributed by atoms with van der Waals surface area (Å²) in [5, 5.41) is 0. The van der Waals surface area contributed by atoms with E-state index >= 15 is 0 Å². The fourth-order valence-electron chi connectivity index (χ4n) is 3.44. The van der Waals surface area contributed by atoms with Gasteiger partial charge in [-0.15, -0.1) is 0 Å². The average molecular weight is 324 g/mol. The quantitative estimate of drug-likeness (QED) is 0.938. The zero-order chi connectivity index (χ0) is 16.9. The Bertz CT molecular complexity index is 752. The maximum absolute atomic E-state index is 12.9. The second-order valence-electron chi connectivity index (χ2n) is 6.57. The molecule has 4 nitrogen and oxygen atoms in total.